The van der Waals surface area contributed by atoms with Crippen molar-refractivity contribution in [1.82, 2.24) is 14.9 Å². The highest BCUT2D eigenvalue weighted by atomic mass is 19.1. The number of carbonyl (C=O) groups excluding carboxylic acids is 1. The van der Waals surface area contributed by atoms with Gasteiger partial charge in [-0.3, -0.25) is 4.79 Å². The zero-order chi connectivity index (χ0) is 21.4. The van der Waals surface area contributed by atoms with Crippen LogP contribution in [-0.4, -0.2) is 59.0 Å². The third kappa shape index (κ3) is 4.02. The number of halogens is 1. The zero-order valence-corrected chi connectivity index (χ0v) is 17.4. The van der Waals surface area contributed by atoms with Crippen molar-refractivity contribution < 1.29 is 23.4 Å². The molecule has 3 heterocycles. The van der Waals surface area contributed by atoms with Crippen molar-refractivity contribution in [1.29, 1.82) is 0 Å². The van der Waals surface area contributed by atoms with Crippen LogP contribution in [0.15, 0.2) is 36.7 Å². The number of likely N-dealkylation sites (tertiary alicyclic amines) is 1. The van der Waals surface area contributed by atoms with Gasteiger partial charge in [-0.15, -0.1) is 0 Å². The predicted molar refractivity (Wildman–Crippen MR) is 107 cm³/mol. The molecule has 1 unspecified atom stereocenters. The zero-order valence-electron chi connectivity index (χ0n) is 17.4. The number of rotatable bonds is 5. The summed E-state index contributed by atoms with van der Waals surface area (Å²) in [5.74, 6) is 1.07. The number of aromatic nitrogens is 2. The smallest absolute Gasteiger partial charge is 0.253 e. The fourth-order valence-electron chi connectivity index (χ4n) is 3.87. The molecule has 2 atom stereocenters. The number of amides is 1. The lowest BCUT2D eigenvalue weighted by Crippen LogP contribution is -2.54. The molecule has 0 saturated carbocycles. The Kier molecular flexibility index (Phi) is 5.46. The van der Waals surface area contributed by atoms with E-state index >= 15 is 0 Å². The molecule has 0 aliphatic carbocycles. The lowest BCUT2D eigenvalue weighted by atomic mass is 9.87. The van der Waals surface area contributed by atoms with E-state index in [-0.39, 0.29) is 25.4 Å². The SMILES string of the molecule is Cc1cc(C(=O)N2CC[C@@]3(c4ncccn4)OCOC3C2)ccc1OCC(C)(C)F. The predicted octanol–water partition coefficient (Wildman–Crippen LogP) is 3.03. The highest BCUT2D eigenvalue weighted by molar-refractivity contribution is 5.94. The molecule has 2 aliphatic rings. The molecule has 2 aliphatic heterocycles. The maximum absolute atomic E-state index is 13.7. The molecule has 7 nitrogen and oxygen atoms in total. The number of piperidine rings is 1. The maximum atomic E-state index is 13.7. The largest absolute Gasteiger partial charge is 0.490 e. The molecular weight excluding hydrogens is 389 g/mol. The first-order valence-corrected chi connectivity index (χ1v) is 10.0. The Hall–Kier alpha value is -2.58. The molecule has 30 heavy (non-hydrogen) atoms. The third-order valence-corrected chi connectivity index (χ3v) is 5.47. The molecule has 0 spiro atoms. The topological polar surface area (TPSA) is 73.8 Å². The molecule has 2 fully saturated rings. The van der Waals surface area contributed by atoms with Crippen LogP contribution in [-0.2, 0) is 15.1 Å². The van der Waals surface area contributed by atoms with Crippen molar-refractivity contribution in [2.75, 3.05) is 26.5 Å². The van der Waals surface area contributed by atoms with Crippen LogP contribution in [0.5, 0.6) is 5.75 Å². The van der Waals surface area contributed by atoms with Gasteiger partial charge in [0.05, 0.1) is 6.54 Å². The van der Waals surface area contributed by atoms with Gasteiger partial charge in [0.2, 0.25) is 0 Å². The second-order valence-corrected chi connectivity index (χ2v) is 8.37. The van der Waals surface area contributed by atoms with E-state index in [1.807, 2.05) is 6.92 Å². The number of carbonyl (C=O) groups is 1. The number of fused-ring (bicyclic) bond motifs is 1. The van der Waals surface area contributed by atoms with Crippen LogP contribution in [0.4, 0.5) is 4.39 Å². The summed E-state index contributed by atoms with van der Waals surface area (Å²) >= 11 is 0. The summed E-state index contributed by atoms with van der Waals surface area (Å²) in [5.41, 5.74) is -0.797. The average molecular weight is 415 g/mol. The molecule has 0 N–H and O–H groups in total. The molecule has 4 rings (SSSR count). The lowest BCUT2D eigenvalue weighted by molar-refractivity contribution is -0.0503. The molecule has 160 valence electrons. The number of alkyl halides is 1. The molecule has 2 saturated heterocycles. The Labute approximate surface area is 175 Å². The standard InChI is InChI=1S/C22H26FN3O4/c1-15-11-16(5-6-17(15)28-13-21(2,3)23)19(27)26-10-7-22(18(12-26)29-14-30-22)20-24-8-4-9-25-20/h4-6,8-9,11,18H,7,10,12-14H2,1-3H3/t18?,22-/m1/s1. The summed E-state index contributed by atoms with van der Waals surface area (Å²) in [7, 11) is 0. The number of aryl methyl sites for hydroxylation is 1. The van der Waals surface area contributed by atoms with Crippen molar-refractivity contribution >= 4 is 5.91 Å². The quantitative estimate of drug-likeness (QED) is 0.747. The normalized spacial score (nSPS) is 23.9. The van der Waals surface area contributed by atoms with Gasteiger partial charge in [-0.05, 0) is 50.6 Å². The van der Waals surface area contributed by atoms with Gasteiger partial charge >= 0.3 is 0 Å². The summed E-state index contributed by atoms with van der Waals surface area (Å²) < 4.78 is 31.0. The summed E-state index contributed by atoms with van der Waals surface area (Å²) in [4.78, 5) is 23.6. The number of ether oxygens (including phenoxy) is 3. The Morgan fingerprint density at radius 2 is 2.13 bits per heavy atom. The van der Waals surface area contributed by atoms with Crippen LogP contribution in [0, 0.1) is 6.92 Å². The monoisotopic (exact) mass is 415 g/mol. The van der Waals surface area contributed by atoms with E-state index in [9.17, 15) is 9.18 Å². The molecular formula is C22H26FN3O4. The van der Waals surface area contributed by atoms with Crippen molar-refractivity contribution in [3.05, 3.63) is 53.6 Å². The minimum Gasteiger partial charge on any atom is -0.490 e. The van der Waals surface area contributed by atoms with Gasteiger partial charge in [-0.25, -0.2) is 14.4 Å². The van der Waals surface area contributed by atoms with Gasteiger partial charge in [0.1, 0.15) is 30.9 Å². The van der Waals surface area contributed by atoms with E-state index in [0.29, 0.717) is 36.6 Å². The van der Waals surface area contributed by atoms with E-state index in [0.717, 1.165) is 5.56 Å². The lowest BCUT2D eigenvalue weighted by Gasteiger charge is -2.40. The van der Waals surface area contributed by atoms with Gasteiger partial charge in [-0.2, -0.15) is 0 Å². The van der Waals surface area contributed by atoms with Crippen molar-refractivity contribution in [3.8, 4) is 5.75 Å². The van der Waals surface area contributed by atoms with Gasteiger partial charge in [-0.1, -0.05) is 0 Å². The Bertz CT molecular complexity index is 918. The summed E-state index contributed by atoms with van der Waals surface area (Å²) in [5, 5.41) is 0. The first-order valence-electron chi connectivity index (χ1n) is 10.0. The Morgan fingerprint density at radius 3 is 2.83 bits per heavy atom. The van der Waals surface area contributed by atoms with E-state index < -0.39 is 11.3 Å². The van der Waals surface area contributed by atoms with Gasteiger partial charge in [0.15, 0.2) is 11.4 Å². The number of hydrogen-bond donors (Lipinski definition) is 0. The van der Waals surface area contributed by atoms with Crippen LogP contribution in [0.1, 0.15) is 42.0 Å². The first-order chi connectivity index (χ1) is 14.3. The summed E-state index contributed by atoms with van der Waals surface area (Å²) in [6.45, 7) is 5.78. The molecule has 0 bridgehead atoms. The van der Waals surface area contributed by atoms with Crippen molar-refractivity contribution in [2.45, 2.75) is 44.6 Å². The Morgan fingerprint density at radius 1 is 1.37 bits per heavy atom. The van der Waals surface area contributed by atoms with Crippen LogP contribution in [0.25, 0.3) is 0 Å². The first kappa shape index (κ1) is 20.7. The fourth-order valence-corrected chi connectivity index (χ4v) is 3.87. The average Bonchev–Trinajstić information content (AvgIpc) is 3.16. The fraction of sp³-hybridized carbons (Fsp3) is 0.500. The highest BCUT2D eigenvalue weighted by Crippen LogP contribution is 2.41. The molecule has 8 heteroatoms. The minimum atomic E-state index is -1.42. The van der Waals surface area contributed by atoms with E-state index in [1.54, 1.807) is 41.6 Å². The summed E-state index contributed by atoms with van der Waals surface area (Å²) in [6, 6.07) is 6.96. The number of hydrogen-bond acceptors (Lipinski definition) is 6. The van der Waals surface area contributed by atoms with E-state index in [1.165, 1.54) is 13.8 Å². The van der Waals surface area contributed by atoms with Crippen molar-refractivity contribution in [3.63, 3.8) is 0 Å². The van der Waals surface area contributed by atoms with Crippen molar-refractivity contribution in [2.24, 2.45) is 0 Å². The van der Waals surface area contributed by atoms with E-state index in [4.69, 9.17) is 14.2 Å². The summed E-state index contributed by atoms with van der Waals surface area (Å²) in [6.07, 6.45) is 3.60. The van der Waals surface area contributed by atoms with Gasteiger partial charge in [0, 0.05) is 30.9 Å². The molecule has 0 radical (unpaired) electrons. The highest BCUT2D eigenvalue weighted by Gasteiger charge is 2.53. The molecule has 1 aromatic carbocycles. The second kappa shape index (κ2) is 7.92. The Balaban J connectivity index is 1.47. The van der Waals surface area contributed by atoms with Crippen LogP contribution in [0.3, 0.4) is 0 Å². The minimum absolute atomic E-state index is 0.0457. The van der Waals surface area contributed by atoms with E-state index in [2.05, 4.69) is 9.97 Å². The van der Waals surface area contributed by atoms with Gasteiger partial charge < -0.3 is 19.1 Å². The second-order valence-electron chi connectivity index (χ2n) is 8.37. The van der Waals surface area contributed by atoms with Crippen LogP contribution >= 0.6 is 0 Å². The molecule has 1 amide bonds. The number of benzene rings is 1. The maximum Gasteiger partial charge on any atom is 0.253 e. The van der Waals surface area contributed by atoms with Gasteiger partial charge in [0.25, 0.3) is 5.91 Å². The molecule has 1 aromatic heterocycles. The molecule has 2 aromatic rings. The van der Waals surface area contributed by atoms with Crippen LogP contribution < -0.4 is 4.74 Å². The third-order valence-electron chi connectivity index (χ3n) is 5.47. The number of nitrogens with zero attached hydrogens (tertiary/aromatic N) is 3. The van der Waals surface area contributed by atoms with Crippen LogP contribution in [0.2, 0.25) is 0 Å².